The van der Waals surface area contributed by atoms with Gasteiger partial charge < -0.3 is 5.32 Å². The Bertz CT molecular complexity index is 669. The van der Waals surface area contributed by atoms with E-state index in [2.05, 4.69) is 10.3 Å². The van der Waals surface area contributed by atoms with Gasteiger partial charge in [0.2, 0.25) is 0 Å². The van der Waals surface area contributed by atoms with E-state index in [0.29, 0.717) is 11.3 Å². The van der Waals surface area contributed by atoms with Crippen LogP contribution in [0, 0.1) is 18.3 Å². The lowest BCUT2D eigenvalue weighted by atomic mass is 10.1. The molecule has 1 heterocycles. The van der Waals surface area contributed by atoms with Crippen LogP contribution < -0.4 is 5.32 Å². The zero-order chi connectivity index (χ0) is 14.5. The summed E-state index contributed by atoms with van der Waals surface area (Å²) in [5.41, 5.74) is 3.69. The Morgan fingerprint density at radius 1 is 1.35 bits per heavy atom. The number of hydrogen-bond acceptors (Lipinski definition) is 3. The van der Waals surface area contributed by atoms with E-state index in [4.69, 9.17) is 5.26 Å². The molecule has 0 atom stereocenters. The predicted molar refractivity (Wildman–Crippen MR) is 77.5 cm³/mol. The van der Waals surface area contributed by atoms with Gasteiger partial charge in [0.1, 0.15) is 11.8 Å². The quantitative estimate of drug-likeness (QED) is 0.927. The van der Waals surface area contributed by atoms with Crippen LogP contribution >= 0.6 is 0 Å². The maximum atomic E-state index is 12.2. The van der Waals surface area contributed by atoms with Gasteiger partial charge in [-0.25, -0.2) is 4.98 Å². The molecule has 4 nitrogen and oxygen atoms in total. The molecule has 0 saturated heterocycles. The molecule has 0 unspecified atom stereocenters. The van der Waals surface area contributed by atoms with Crippen LogP contribution in [-0.4, -0.2) is 10.9 Å². The summed E-state index contributed by atoms with van der Waals surface area (Å²) in [5, 5.41) is 11.6. The zero-order valence-electron chi connectivity index (χ0n) is 11.5. The van der Waals surface area contributed by atoms with Crippen LogP contribution in [0.4, 0.5) is 5.69 Å². The van der Waals surface area contributed by atoms with E-state index in [1.54, 1.807) is 12.1 Å². The van der Waals surface area contributed by atoms with Crippen LogP contribution in [0.25, 0.3) is 0 Å². The zero-order valence-corrected chi connectivity index (χ0v) is 11.5. The standard InChI is InChI=1S/C16H15N3O/c1-3-13-6-4-5-11(2)15(13)19-16(20)14-8-7-12(9-17)10-18-14/h4-8,10H,3H2,1-2H3,(H,19,20). The molecule has 4 heteroatoms. The van der Waals surface area contributed by atoms with E-state index in [-0.39, 0.29) is 5.91 Å². The van der Waals surface area contributed by atoms with Crippen LogP contribution in [0.5, 0.6) is 0 Å². The number of rotatable bonds is 3. The molecule has 2 aromatic rings. The monoisotopic (exact) mass is 265 g/mol. The lowest BCUT2D eigenvalue weighted by Crippen LogP contribution is -2.15. The highest BCUT2D eigenvalue weighted by Crippen LogP contribution is 2.21. The third-order valence-corrected chi connectivity index (χ3v) is 3.10. The van der Waals surface area contributed by atoms with Gasteiger partial charge in [0.05, 0.1) is 5.56 Å². The van der Waals surface area contributed by atoms with E-state index >= 15 is 0 Å². The summed E-state index contributed by atoms with van der Waals surface area (Å²) in [4.78, 5) is 16.2. The van der Waals surface area contributed by atoms with Crippen LogP contribution in [0.1, 0.15) is 34.1 Å². The Labute approximate surface area is 118 Å². The molecule has 1 N–H and O–H groups in total. The molecular weight excluding hydrogens is 250 g/mol. The molecule has 0 radical (unpaired) electrons. The van der Waals surface area contributed by atoms with Crippen molar-refractivity contribution in [1.82, 2.24) is 4.98 Å². The smallest absolute Gasteiger partial charge is 0.274 e. The summed E-state index contributed by atoms with van der Waals surface area (Å²) in [6, 6.07) is 11.0. The van der Waals surface area contributed by atoms with Crippen molar-refractivity contribution in [3.63, 3.8) is 0 Å². The van der Waals surface area contributed by atoms with E-state index in [0.717, 1.165) is 23.2 Å². The number of amides is 1. The summed E-state index contributed by atoms with van der Waals surface area (Å²) in [7, 11) is 0. The molecule has 1 aromatic heterocycles. The number of benzene rings is 1. The van der Waals surface area contributed by atoms with Gasteiger partial charge >= 0.3 is 0 Å². The normalized spacial score (nSPS) is 9.85. The van der Waals surface area contributed by atoms with Crippen molar-refractivity contribution in [2.24, 2.45) is 0 Å². The number of nitrogens with one attached hydrogen (secondary N) is 1. The molecule has 0 fully saturated rings. The van der Waals surface area contributed by atoms with Gasteiger partial charge in [-0.2, -0.15) is 5.26 Å². The summed E-state index contributed by atoms with van der Waals surface area (Å²) < 4.78 is 0. The number of carbonyl (C=O) groups is 1. The number of nitrogens with zero attached hydrogens (tertiary/aromatic N) is 2. The minimum absolute atomic E-state index is 0.265. The molecule has 0 aliphatic carbocycles. The average Bonchev–Trinajstić information content (AvgIpc) is 2.49. The van der Waals surface area contributed by atoms with Gasteiger partial charge in [-0.3, -0.25) is 4.79 Å². The van der Waals surface area contributed by atoms with Crippen molar-refractivity contribution in [1.29, 1.82) is 5.26 Å². The number of nitriles is 1. The summed E-state index contributed by atoms with van der Waals surface area (Å²) >= 11 is 0. The topological polar surface area (TPSA) is 65.8 Å². The molecule has 2 rings (SSSR count). The molecule has 0 bridgehead atoms. The molecule has 0 aliphatic heterocycles. The van der Waals surface area contributed by atoms with Gasteiger partial charge in [-0.1, -0.05) is 25.1 Å². The van der Waals surface area contributed by atoms with Crippen molar-refractivity contribution in [3.8, 4) is 6.07 Å². The molecule has 20 heavy (non-hydrogen) atoms. The van der Waals surface area contributed by atoms with E-state index in [1.165, 1.54) is 6.20 Å². The van der Waals surface area contributed by atoms with Crippen molar-refractivity contribution in [2.75, 3.05) is 5.32 Å². The lowest BCUT2D eigenvalue weighted by molar-refractivity contribution is 0.102. The number of anilines is 1. The Hall–Kier alpha value is -2.67. The second-order valence-corrected chi connectivity index (χ2v) is 4.46. The van der Waals surface area contributed by atoms with Gasteiger partial charge in [0.15, 0.2) is 0 Å². The highest BCUT2D eigenvalue weighted by molar-refractivity contribution is 6.03. The van der Waals surface area contributed by atoms with Crippen LogP contribution in [-0.2, 0) is 6.42 Å². The van der Waals surface area contributed by atoms with Crippen molar-refractivity contribution in [2.45, 2.75) is 20.3 Å². The first-order valence-corrected chi connectivity index (χ1v) is 6.41. The summed E-state index contributed by atoms with van der Waals surface area (Å²) in [6.07, 6.45) is 2.24. The fourth-order valence-electron chi connectivity index (χ4n) is 1.97. The minimum Gasteiger partial charge on any atom is -0.320 e. The van der Waals surface area contributed by atoms with Crippen molar-refractivity contribution in [3.05, 3.63) is 58.9 Å². The molecule has 1 aromatic carbocycles. The predicted octanol–water partition coefficient (Wildman–Crippen LogP) is 3.08. The van der Waals surface area contributed by atoms with E-state index in [9.17, 15) is 4.79 Å². The first-order valence-electron chi connectivity index (χ1n) is 6.41. The third kappa shape index (κ3) is 2.83. The average molecular weight is 265 g/mol. The number of pyridine rings is 1. The SMILES string of the molecule is CCc1cccc(C)c1NC(=O)c1ccc(C#N)cn1. The van der Waals surface area contributed by atoms with Gasteiger partial charge in [-0.05, 0) is 36.6 Å². The van der Waals surface area contributed by atoms with Gasteiger partial charge in [0, 0.05) is 11.9 Å². The first-order chi connectivity index (χ1) is 9.65. The van der Waals surface area contributed by atoms with Crippen LogP contribution in [0.3, 0.4) is 0 Å². The number of aryl methyl sites for hydroxylation is 2. The highest BCUT2D eigenvalue weighted by atomic mass is 16.1. The van der Waals surface area contributed by atoms with Crippen molar-refractivity contribution >= 4 is 11.6 Å². The molecule has 0 spiro atoms. The Kier molecular flexibility index (Phi) is 4.11. The highest BCUT2D eigenvalue weighted by Gasteiger charge is 2.11. The van der Waals surface area contributed by atoms with Gasteiger partial charge in [0.25, 0.3) is 5.91 Å². The molecular formula is C16H15N3O. The third-order valence-electron chi connectivity index (χ3n) is 3.10. The Morgan fingerprint density at radius 3 is 2.75 bits per heavy atom. The van der Waals surface area contributed by atoms with Crippen LogP contribution in [0.2, 0.25) is 0 Å². The number of carbonyl (C=O) groups excluding carboxylic acids is 1. The number of hydrogen-bond donors (Lipinski definition) is 1. The summed E-state index contributed by atoms with van der Waals surface area (Å²) in [6.45, 7) is 4.01. The van der Waals surface area contributed by atoms with Crippen LogP contribution in [0.15, 0.2) is 36.5 Å². The summed E-state index contributed by atoms with van der Waals surface area (Å²) in [5.74, 6) is -0.265. The largest absolute Gasteiger partial charge is 0.320 e. The molecule has 100 valence electrons. The number of para-hydroxylation sites is 1. The first kappa shape index (κ1) is 13.8. The second-order valence-electron chi connectivity index (χ2n) is 4.46. The van der Waals surface area contributed by atoms with E-state index < -0.39 is 0 Å². The fraction of sp³-hybridized carbons (Fsp3) is 0.188. The second kappa shape index (κ2) is 5.98. The maximum Gasteiger partial charge on any atom is 0.274 e. The van der Waals surface area contributed by atoms with Crippen molar-refractivity contribution < 1.29 is 4.79 Å². The fourth-order valence-corrected chi connectivity index (χ4v) is 1.97. The van der Waals surface area contributed by atoms with E-state index in [1.807, 2.05) is 38.1 Å². The Morgan fingerprint density at radius 2 is 2.15 bits per heavy atom. The maximum absolute atomic E-state index is 12.2. The molecule has 0 aliphatic rings. The Balaban J connectivity index is 2.25. The molecule has 1 amide bonds. The molecule has 0 saturated carbocycles. The minimum atomic E-state index is -0.265. The van der Waals surface area contributed by atoms with Gasteiger partial charge in [-0.15, -0.1) is 0 Å². The number of aromatic nitrogens is 1. The lowest BCUT2D eigenvalue weighted by Gasteiger charge is -2.12.